The molecule has 0 aromatic heterocycles. The molecule has 0 bridgehead atoms. The van der Waals surface area contributed by atoms with Gasteiger partial charge in [-0.15, -0.1) is 0 Å². The van der Waals surface area contributed by atoms with Crippen molar-refractivity contribution in [1.82, 2.24) is 5.32 Å². The molecule has 2 unspecified atom stereocenters. The summed E-state index contributed by atoms with van der Waals surface area (Å²) < 4.78 is 5.50. The largest absolute Gasteiger partial charge is 0.466 e. The molecule has 3 N–H and O–H groups in total. The van der Waals surface area contributed by atoms with Gasteiger partial charge < -0.3 is 20.3 Å². The minimum atomic E-state index is -0.844. The number of unbranched alkanes of at least 4 members (excludes halogenated alkanes) is 59. The normalized spacial score (nSPS) is 12.8. The molecule has 0 rings (SSSR count). The van der Waals surface area contributed by atoms with Crippen LogP contribution in [0, 0.1) is 0 Å². The Morgan fingerprint density at radius 1 is 0.304 bits per heavy atom. The topological polar surface area (TPSA) is 95.9 Å². The van der Waals surface area contributed by atoms with Crippen molar-refractivity contribution >= 4 is 11.9 Å². The van der Waals surface area contributed by atoms with E-state index < -0.39 is 12.1 Å². The Balaban J connectivity index is 3.38. The number of hydrogen-bond donors (Lipinski definition) is 3. The highest BCUT2D eigenvalue weighted by molar-refractivity contribution is 5.76. The van der Waals surface area contributed by atoms with Gasteiger partial charge in [-0.3, -0.25) is 9.59 Å². The number of carbonyl (C=O) groups is 2. The predicted octanol–water partition coefficient (Wildman–Crippen LogP) is 27.7. The molecule has 92 heavy (non-hydrogen) atoms. The minimum Gasteiger partial charge on any atom is -0.466 e. The zero-order chi connectivity index (χ0) is 66.3. The van der Waals surface area contributed by atoms with E-state index in [-0.39, 0.29) is 18.5 Å². The van der Waals surface area contributed by atoms with Crippen LogP contribution in [0.4, 0.5) is 0 Å². The van der Waals surface area contributed by atoms with E-state index in [2.05, 4.69) is 67.8 Å². The predicted molar refractivity (Wildman–Crippen MR) is 407 cm³/mol. The molecule has 540 valence electrons. The van der Waals surface area contributed by atoms with Crippen molar-refractivity contribution in [3.63, 3.8) is 0 Å². The molecule has 0 aromatic carbocycles. The van der Waals surface area contributed by atoms with Crippen LogP contribution in [-0.4, -0.2) is 47.4 Å². The van der Waals surface area contributed by atoms with Gasteiger partial charge in [-0.2, -0.15) is 0 Å². The average Bonchev–Trinajstić information content (AvgIpc) is 3.57. The summed E-state index contributed by atoms with van der Waals surface area (Å²) in [6.07, 6.45) is 109. The summed E-state index contributed by atoms with van der Waals surface area (Å²) in [5, 5.41) is 23.3. The van der Waals surface area contributed by atoms with Gasteiger partial charge in [-0.05, 0) is 96.3 Å². The second-order valence-electron chi connectivity index (χ2n) is 28.4. The van der Waals surface area contributed by atoms with E-state index in [1.54, 1.807) is 6.08 Å². The van der Waals surface area contributed by atoms with Gasteiger partial charge in [0.15, 0.2) is 0 Å². The summed E-state index contributed by atoms with van der Waals surface area (Å²) in [5.41, 5.74) is 0. The lowest BCUT2D eigenvalue weighted by atomic mass is 10.0. The first-order valence-electron chi connectivity index (χ1n) is 41.6. The van der Waals surface area contributed by atoms with Gasteiger partial charge in [0.25, 0.3) is 0 Å². The van der Waals surface area contributed by atoms with Gasteiger partial charge in [0.1, 0.15) is 0 Å². The number of rotatable bonds is 78. The quantitative estimate of drug-likeness (QED) is 0.0320. The summed E-state index contributed by atoms with van der Waals surface area (Å²) in [7, 11) is 0. The number of aliphatic hydroxyl groups is 2. The van der Waals surface area contributed by atoms with E-state index in [0.29, 0.717) is 19.4 Å². The third-order valence-corrected chi connectivity index (χ3v) is 19.3. The van der Waals surface area contributed by atoms with Crippen LogP contribution in [0.2, 0.25) is 0 Å². The average molecular weight is 1290 g/mol. The van der Waals surface area contributed by atoms with E-state index in [1.807, 2.05) is 6.08 Å². The third-order valence-electron chi connectivity index (χ3n) is 19.3. The SMILES string of the molecule is CCCCCC/C=C\C/C=C\CCCCCCCC(=O)OCCCCCCCCCCCCCCCCC/C=C\C/C=C\CCCCCCCCCCCCCCCCCCCC(=O)NC(CO)C(O)/C=C/CCCCCCCCCCCCCCCCCCCC. The van der Waals surface area contributed by atoms with Crippen LogP contribution in [0.1, 0.15) is 450 Å². The Kier molecular flexibility index (Phi) is 78.8. The van der Waals surface area contributed by atoms with Gasteiger partial charge in [0.05, 0.1) is 25.4 Å². The molecule has 0 saturated carbocycles. The molecule has 0 saturated heterocycles. The first-order valence-corrected chi connectivity index (χ1v) is 41.6. The van der Waals surface area contributed by atoms with E-state index >= 15 is 0 Å². The molecule has 6 nitrogen and oxygen atoms in total. The molecule has 0 fully saturated rings. The van der Waals surface area contributed by atoms with Gasteiger partial charge in [-0.1, -0.05) is 402 Å². The van der Waals surface area contributed by atoms with E-state index in [1.165, 1.54) is 366 Å². The van der Waals surface area contributed by atoms with Crippen molar-refractivity contribution < 1.29 is 24.5 Å². The molecule has 0 spiro atoms. The highest BCUT2D eigenvalue weighted by Gasteiger charge is 2.18. The summed E-state index contributed by atoms with van der Waals surface area (Å²) in [5.74, 6) is -0.0541. The number of amides is 1. The monoisotopic (exact) mass is 1290 g/mol. The molecular formula is C86H161NO5. The van der Waals surface area contributed by atoms with Crippen LogP contribution >= 0.6 is 0 Å². The molecule has 1 amide bonds. The highest BCUT2D eigenvalue weighted by Crippen LogP contribution is 2.19. The Hall–Kier alpha value is -2.44. The van der Waals surface area contributed by atoms with Crippen molar-refractivity contribution in [1.29, 1.82) is 0 Å². The highest BCUT2D eigenvalue weighted by atomic mass is 16.5. The number of carbonyl (C=O) groups excluding carboxylic acids is 2. The molecule has 0 aliphatic rings. The number of nitrogens with one attached hydrogen (secondary N) is 1. The van der Waals surface area contributed by atoms with Crippen LogP contribution in [0.15, 0.2) is 60.8 Å². The summed E-state index contributed by atoms with van der Waals surface area (Å²) in [4.78, 5) is 24.6. The van der Waals surface area contributed by atoms with Gasteiger partial charge in [0.2, 0.25) is 5.91 Å². The van der Waals surface area contributed by atoms with Gasteiger partial charge in [0, 0.05) is 12.8 Å². The maximum atomic E-state index is 12.5. The van der Waals surface area contributed by atoms with Crippen LogP contribution in [0.3, 0.4) is 0 Å². The second-order valence-corrected chi connectivity index (χ2v) is 28.4. The lowest BCUT2D eigenvalue weighted by Crippen LogP contribution is -2.45. The second kappa shape index (κ2) is 81.0. The summed E-state index contributed by atoms with van der Waals surface area (Å²) in [6, 6.07) is -0.627. The smallest absolute Gasteiger partial charge is 0.305 e. The fraction of sp³-hybridized carbons (Fsp3) is 0.860. The first-order chi connectivity index (χ1) is 45.5. The number of allylic oxidation sites excluding steroid dienone is 9. The Bertz CT molecular complexity index is 1580. The van der Waals surface area contributed by atoms with E-state index in [9.17, 15) is 19.8 Å². The maximum Gasteiger partial charge on any atom is 0.305 e. The number of aliphatic hydroxyl groups excluding tert-OH is 2. The lowest BCUT2D eigenvalue weighted by Gasteiger charge is -2.20. The molecule has 0 aliphatic heterocycles. The molecular weight excluding hydrogens is 1130 g/mol. The third kappa shape index (κ3) is 76.6. The Morgan fingerprint density at radius 3 is 0.837 bits per heavy atom. The number of ether oxygens (including phenoxy) is 1. The van der Waals surface area contributed by atoms with Gasteiger partial charge in [-0.25, -0.2) is 0 Å². The molecule has 6 heteroatoms. The first kappa shape index (κ1) is 89.6. The summed E-state index contributed by atoms with van der Waals surface area (Å²) in [6.45, 7) is 4.92. The van der Waals surface area contributed by atoms with Crippen LogP contribution in [0.5, 0.6) is 0 Å². The van der Waals surface area contributed by atoms with Crippen LogP contribution < -0.4 is 5.32 Å². The Morgan fingerprint density at radius 2 is 0.543 bits per heavy atom. The number of hydrogen-bond acceptors (Lipinski definition) is 5. The van der Waals surface area contributed by atoms with E-state index in [4.69, 9.17) is 4.74 Å². The fourth-order valence-corrected chi connectivity index (χ4v) is 12.9. The van der Waals surface area contributed by atoms with Crippen molar-refractivity contribution in [3.05, 3.63) is 60.8 Å². The number of esters is 1. The molecule has 0 aliphatic carbocycles. The lowest BCUT2D eigenvalue weighted by molar-refractivity contribution is -0.143. The molecule has 0 aromatic rings. The zero-order valence-electron chi connectivity index (χ0n) is 62.0. The van der Waals surface area contributed by atoms with Crippen molar-refractivity contribution in [2.75, 3.05) is 13.2 Å². The maximum absolute atomic E-state index is 12.5. The Labute approximate surface area is 575 Å². The molecule has 0 heterocycles. The van der Waals surface area contributed by atoms with Crippen molar-refractivity contribution in [2.45, 2.75) is 463 Å². The standard InChI is InChI=1S/C86H161NO5/c1-3-5-7-9-11-13-15-17-19-21-22-44-47-50-54-58-62-66-70-74-78-84(89)83(82-88)87-85(90)79-75-71-67-63-59-55-51-48-45-42-40-38-36-34-32-30-28-26-24-23-25-27-29-31-33-35-37-39-41-43-46-49-53-57-61-65-69-73-77-81-92-86(91)80-76-72-68-64-60-56-52-20-18-16-14-12-10-8-6-4-2/h14,16,20,23-24,27,29,52,74,78,83-84,88-89H,3-13,15,17-19,21-22,25-26,28,30-51,53-73,75-77,79-82H2,1-2H3,(H,87,90)/b16-14-,24-23-,29-27-,52-20-,78-74+. The zero-order valence-corrected chi connectivity index (χ0v) is 62.0. The fourth-order valence-electron chi connectivity index (χ4n) is 12.9. The van der Waals surface area contributed by atoms with Crippen LogP contribution in [-0.2, 0) is 14.3 Å². The minimum absolute atomic E-state index is 0.00691. The summed E-state index contributed by atoms with van der Waals surface area (Å²) >= 11 is 0. The van der Waals surface area contributed by atoms with Crippen LogP contribution in [0.25, 0.3) is 0 Å². The van der Waals surface area contributed by atoms with E-state index in [0.717, 1.165) is 57.8 Å². The van der Waals surface area contributed by atoms with Gasteiger partial charge >= 0.3 is 5.97 Å². The van der Waals surface area contributed by atoms with Crippen molar-refractivity contribution in [2.24, 2.45) is 0 Å². The molecule has 2 atom stereocenters. The molecule has 0 radical (unpaired) electrons. The van der Waals surface area contributed by atoms with Crippen molar-refractivity contribution in [3.8, 4) is 0 Å².